The van der Waals surface area contributed by atoms with Crippen molar-refractivity contribution in [3.05, 3.63) is 70.8 Å². The number of aryl methyl sites for hydroxylation is 1. The minimum atomic E-state index is 0.696. The largest absolute Gasteiger partial charge is 0.340 e. The maximum atomic E-state index is 4.69. The monoisotopic (exact) mass is 382 g/mol. The zero-order valence-corrected chi connectivity index (χ0v) is 15.3. The Morgan fingerprint density at radius 1 is 1.00 bits per heavy atom. The van der Waals surface area contributed by atoms with E-state index >= 15 is 0 Å². The van der Waals surface area contributed by atoms with Gasteiger partial charge in [-0.2, -0.15) is 4.98 Å². The van der Waals surface area contributed by atoms with E-state index in [1.165, 1.54) is 0 Å². The molecule has 0 amide bonds. The lowest BCUT2D eigenvalue weighted by Crippen LogP contribution is -2.19. The Kier molecular flexibility index (Phi) is 5.11. The first-order valence-electron chi connectivity index (χ1n) is 7.86. The van der Waals surface area contributed by atoms with Crippen LogP contribution < -0.4 is 10.2 Å². The molecule has 1 N–H and O–H groups in total. The van der Waals surface area contributed by atoms with Crippen molar-refractivity contribution in [3.63, 3.8) is 0 Å². The fourth-order valence-corrected chi connectivity index (χ4v) is 2.90. The smallest absolute Gasteiger partial charge is 0.232 e. The topological polar surface area (TPSA) is 41.1 Å². The quantitative estimate of drug-likeness (QED) is 0.636. The Labute approximate surface area is 150 Å². The van der Waals surface area contributed by atoms with Crippen molar-refractivity contribution in [2.45, 2.75) is 13.8 Å². The number of para-hydroxylation sites is 1. The Balaban J connectivity index is 1.93. The first-order valence-corrected chi connectivity index (χ1v) is 8.66. The maximum absolute atomic E-state index is 4.69. The lowest BCUT2D eigenvalue weighted by Gasteiger charge is -2.22. The van der Waals surface area contributed by atoms with E-state index in [0.29, 0.717) is 5.95 Å². The molecule has 3 rings (SSSR count). The molecule has 0 aliphatic rings. The molecular weight excluding hydrogens is 364 g/mol. The molecular formula is C19H19BrN4. The van der Waals surface area contributed by atoms with Crippen LogP contribution in [0.25, 0.3) is 0 Å². The molecule has 0 radical (unpaired) electrons. The van der Waals surface area contributed by atoms with Crippen LogP contribution in [0.5, 0.6) is 0 Å². The molecule has 0 aliphatic heterocycles. The number of hydrogen-bond donors (Lipinski definition) is 1. The first kappa shape index (κ1) is 16.5. The van der Waals surface area contributed by atoms with Gasteiger partial charge in [0.05, 0.1) is 0 Å². The second-order valence-corrected chi connectivity index (χ2v) is 6.33. The Hall–Kier alpha value is -2.40. The summed E-state index contributed by atoms with van der Waals surface area (Å²) < 4.78 is 1.03. The molecule has 0 aliphatic carbocycles. The van der Waals surface area contributed by atoms with Crippen molar-refractivity contribution in [2.75, 3.05) is 16.8 Å². The summed E-state index contributed by atoms with van der Waals surface area (Å²) in [6.07, 6.45) is 0. The van der Waals surface area contributed by atoms with Crippen LogP contribution in [0.3, 0.4) is 0 Å². The molecule has 0 fully saturated rings. The van der Waals surface area contributed by atoms with Crippen LogP contribution in [-0.4, -0.2) is 16.5 Å². The van der Waals surface area contributed by atoms with Crippen LogP contribution in [0.2, 0.25) is 0 Å². The molecule has 122 valence electrons. The molecule has 2 aromatic carbocycles. The first-order chi connectivity index (χ1) is 11.7. The summed E-state index contributed by atoms with van der Waals surface area (Å²) in [6, 6.07) is 20.1. The van der Waals surface area contributed by atoms with Crippen molar-refractivity contribution in [1.82, 2.24) is 9.97 Å². The summed E-state index contributed by atoms with van der Waals surface area (Å²) in [7, 11) is 0. The lowest BCUT2D eigenvalue weighted by molar-refractivity contribution is 0.936. The second-order valence-electron chi connectivity index (χ2n) is 5.41. The van der Waals surface area contributed by atoms with Crippen molar-refractivity contribution < 1.29 is 0 Å². The van der Waals surface area contributed by atoms with Gasteiger partial charge in [-0.05, 0) is 44.2 Å². The van der Waals surface area contributed by atoms with Crippen LogP contribution in [0, 0.1) is 6.92 Å². The number of aromatic nitrogens is 2. The van der Waals surface area contributed by atoms with Gasteiger partial charge >= 0.3 is 0 Å². The molecule has 0 atom stereocenters. The van der Waals surface area contributed by atoms with E-state index in [2.05, 4.69) is 50.2 Å². The summed E-state index contributed by atoms with van der Waals surface area (Å²) >= 11 is 3.49. The Morgan fingerprint density at radius 2 is 1.79 bits per heavy atom. The SMILES string of the molecule is CCN(c1ccccc1)c1nc(C)cc(Nc2cccc(Br)c2)n1. The summed E-state index contributed by atoms with van der Waals surface area (Å²) in [5, 5.41) is 3.35. The number of benzene rings is 2. The summed E-state index contributed by atoms with van der Waals surface area (Å²) in [5.74, 6) is 1.48. The van der Waals surface area contributed by atoms with Crippen LogP contribution >= 0.6 is 15.9 Å². The molecule has 0 bridgehead atoms. The zero-order valence-electron chi connectivity index (χ0n) is 13.7. The molecule has 5 heteroatoms. The average Bonchev–Trinajstić information content (AvgIpc) is 2.56. The summed E-state index contributed by atoms with van der Waals surface area (Å²) in [5.41, 5.74) is 2.99. The molecule has 0 saturated carbocycles. The number of rotatable bonds is 5. The normalized spacial score (nSPS) is 10.5. The zero-order chi connectivity index (χ0) is 16.9. The highest BCUT2D eigenvalue weighted by atomic mass is 79.9. The third-order valence-electron chi connectivity index (χ3n) is 3.56. The number of nitrogens with zero attached hydrogens (tertiary/aromatic N) is 3. The molecule has 0 spiro atoms. The third-order valence-corrected chi connectivity index (χ3v) is 4.06. The van der Waals surface area contributed by atoms with E-state index < -0.39 is 0 Å². The standard InChI is InChI=1S/C19H19BrN4/c1-3-24(17-10-5-4-6-11-17)19-21-14(2)12-18(23-19)22-16-9-7-8-15(20)13-16/h4-13H,3H2,1-2H3,(H,21,22,23). The maximum Gasteiger partial charge on any atom is 0.232 e. The number of halogens is 1. The highest BCUT2D eigenvalue weighted by Crippen LogP contribution is 2.25. The van der Waals surface area contributed by atoms with E-state index in [4.69, 9.17) is 4.98 Å². The molecule has 3 aromatic rings. The molecule has 1 heterocycles. The van der Waals surface area contributed by atoms with Gasteiger partial charge in [0, 0.05) is 34.2 Å². The van der Waals surface area contributed by atoms with E-state index in [-0.39, 0.29) is 0 Å². The van der Waals surface area contributed by atoms with Crippen LogP contribution in [0.4, 0.5) is 23.1 Å². The van der Waals surface area contributed by atoms with E-state index in [1.807, 2.05) is 55.5 Å². The van der Waals surface area contributed by atoms with Gasteiger partial charge < -0.3 is 10.2 Å². The minimum absolute atomic E-state index is 0.696. The van der Waals surface area contributed by atoms with Crippen LogP contribution in [0.15, 0.2) is 65.1 Å². The van der Waals surface area contributed by atoms with Gasteiger partial charge in [0.25, 0.3) is 0 Å². The third kappa shape index (κ3) is 3.92. The predicted molar refractivity (Wildman–Crippen MR) is 103 cm³/mol. The summed E-state index contributed by atoms with van der Waals surface area (Å²) in [4.78, 5) is 11.4. The van der Waals surface area contributed by atoms with Crippen LogP contribution in [0.1, 0.15) is 12.6 Å². The van der Waals surface area contributed by atoms with Crippen molar-refractivity contribution in [2.24, 2.45) is 0 Å². The van der Waals surface area contributed by atoms with Gasteiger partial charge in [-0.15, -0.1) is 0 Å². The number of nitrogens with one attached hydrogen (secondary N) is 1. The van der Waals surface area contributed by atoms with Gasteiger partial charge in [-0.1, -0.05) is 40.2 Å². The number of anilines is 4. The fourth-order valence-electron chi connectivity index (χ4n) is 2.50. The number of hydrogen-bond acceptors (Lipinski definition) is 4. The second kappa shape index (κ2) is 7.45. The average molecular weight is 383 g/mol. The lowest BCUT2D eigenvalue weighted by atomic mass is 10.3. The molecule has 4 nitrogen and oxygen atoms in total. The van der Waals surface area contributed by atoms with Crippen molar-refractivity contribution in [1.29, 1.82) is 0 Å². The van der Waals surface area contributed by atoms with Crippen molar-refractivity contribution in [3.8, 4) is 0 Å². The molecule has 0 saturated heterocycles. The van der Waals surface area contributed by atoms with E-state index in [1.54, 1.807) is 0 Å². The van der Waals surface area contributed by atoms with Gasteiger partial charge in [0.1, 0.15) is 5.82 Å². The molecule has 24 heavy (non-hydrogen) atoms. The molecule has 0 unspecified atom stereocenters. The van der Waals surface area contributed by atoms with Crippen molar-refractivity contribution >= 4 is 39.1 Å². The Bertz CT molecular complexity index is 821. The van der Waals surface area contributed by atoms with Crippen LogP contribution in [-0.2, 0) is 0 Å². The van der Waals surface area contributed by atoms with Gasteiger partial charge in [0.15, 0.2) is 0 Å². The summed E-state index contributed by atoms with van der Waals surface area (Å²) in [6.45, 7) is 4.87. The highest BCUT2D eigenvalue weighted by molar-refractivity contribution is 9.10. The minimum Gasteiger partial charge on any atom is -0.340 e. The van der Waals surface area contributed by atoms with E-state index in [0.717, 1.165) is 33.9 Å². The highest BCUT2D eigenvalue weighted by Gasteiger charge is 2.12. The Morgan fingerprint density at radius 3 is 2.50 bits per heavy atom. The van der Waals surface area contributed by atoms with Gasteiger partial charge in [0.2, 0.25) is 5.95 Å². The fraction of sp³-hybridized carbons (Fsp3) is 0.158. The molecule has 1 aromatic heterocycles. The van der Waals surface area contributed by atoms with Gasteiger partial charge in [-0.25, -0.2) is 4.98 Å². The van der Waals surface area contributed by atoms with Gasteiger partial charge in [-0.3, -0.25) is 0 Å². The predicted octanol–water partition coefficient (Wildman–Crippen LogP) is 5.45. The van der Waals surface area contributed by atoms with E-state index in [9.17, 15) is 0 Å².